The van der Waals surface area contributed by atoms with Crippen LogP contribution in [0.1, 0.15) is 34.1 Å². The molecule has 8 N–H and O–H groups in total. The number of carboxylic acid groups (broad SMARTS) is 1. The SMILES string of the molecule is CCC(C)C(NC(=O)C(NC(=O)C(N)CS)C(C)O)C(=O)NC(C(=O)O)C(C)O. The Bertz CT molecular complexity index is 588. The molecule has 7 unspecified atom stereocenters. The van der Waals surface area contributed by atoms with Crippen molar-refractivity contribution < 1.29 is 34.5 Å². The van der Waals surface area contributed by atoms with Gasteiger partial charge in [-0.25, -0.2) is 4.79 Å². The molecular formula is C17H32N4O7S. The van der Waals surface area contributed by atoms with Crippen LogP contribution < -0.4 is 21.7 Å². The Hall–Kier alpha value is -1.89. The van der Waals surface area contributed by atoms with E-state index in [0.717, 1.165) is 0 Å². The third-order valence-electron chi connectivity index (χ3n) is 4.44. The number of hydrogen-bond acceptors (Lipinski definition) is 8. The van der Waals surface area contributed by atoms with Gasteiger partial charge in [0.1, 0.15) is 12.1 Å². The van der Waals surface area contributed by atoms with Crippen molar-refractivity contribution in [3.8, 4) is 0 Å². The monoisotopic (exact) mass is 436 g/mol. The normalized spacial score (nSPS) is 18.3. The van der Waals surface area contributed by atoms with E-state index >= 15 is 0 Å². The number of amides is 3. The standard InChI is InChI=1S/C17H32N4O7S/c1-5-7(2)11(15(25)21-13(9(4)23)17(27)28)19-16(26)12(8(3)22)20-14(24)10(18)6-29/h7-13,22-23,29H,5-6,18H2,1-4H3,(H,19,26)(H,20,24)(H,21,25)(H,27,28). The first-order chi connectivity index (χ1) is 13.4. The molecule has 0 aromatic heterocycles. The molecule has 0 aromatic rings. The zero-order chi connectivity index (χ0) is 22.9. The minimum Gasteiger partial charge on any atom is -0.480 e. The number of rotatable bonds is 12. The van der Waals surface area contributed by atoms with Gasteiger partial charge in [0, 0.05) is 5.75 Å². The number of thiol groups is 1. The maximum Gasteiger partial charge on any atom is 0.328 e. The summed E-state index contributed by atoms with van der Waals surface area (Å²) in [5.41, 5.74) is 5.55. The number of carboxylic acids is 1. The van der Waals surface area contributed by atoms with Crippen molar-refractivity contribution in [2.24, 2.45) is 11.7 Å². The maximum atomic E-state index is 12.6. The van der Waals surface area contributed by atoms with Crippen LogP contribution in [0.5, 0.6) is 0 Å². The molecule has 7 atom stereocenters. The van der Waals surface area contributed by atoms with E-state index in [9.17, 15) is 29.4 Å². The van der Waals surface area contributed by atoms with Crippen molar-refractivity contribution in [1.29, 1.82) is 0 Å². The molecule has 0 radical (unpaired) electrons. The second-order valence-electron chi connectivity index (χ2n) is 6.95. The lowest BCUT2D eigenvalue weighted by molar-refractivity contribution is -0.145. The average molecular weight is 437 g/mol. The van der Waals surface area contributed by atoms with Gasteiger partial charge in [-0.3, -0.25) is 14.4 Å². The Morgan fingerprint density at radius 2 is 1.28 bits per heavy atom. The van der Waals surface area contributed by atoms with Crippen LogP contribution in [0.2, 0.25) is 0 Å². The highest BCUT2D eigenvalue weighted by Gasteiger charge is 2.35. The first-order valence-corrected chi connectivity index (χ1v) is 9.86. The molecule has 3 amide bonds. The summed E-state index contributed by atoms with van der Waals surface area (Å²) in [5.74, 6) is -4.18. The molecule has 0 saturated carbocycles. The molecule has 0 fully saturated rings. The summed E-state index contributed by atoms with van der Waals surface area (Å²) in [7, 11) is 0. The fourth-order valence-corrected chi connectivity index (χ4v) is 2.49. The minimum absolute atomic E-state index is 0.0216. The van der Waals surface area contributed by atoms with Gasteiger partial charge < -0.3 is 37.0 Å². The van der Waals surface area contributed by atoms with Crippen molar-refractivity contribution >= 4 is 36.3 Å². The summed E-state index contributed by atoms with van der Waals surface area (Å²) < 4.78 is 0. The van der Waals surface area contributed by atoms with Crippen LogP contribution in [0.15, 0.2) is 0 Å². The first-order valence-electron chi connectivity index (χ1n) is 9.23. The van der Waals surface area contributed by atoms with E-state index in [1.807, 2.05) is 0 Å². The quantitative estimate of drug-likeness (QED) is 0.155. The van der Waals surface area contributed by atoms with Crippen molar-refractivity contribution in [3.63, 3.8) is 0 Å². The van der Waals surface area contributed by atoms with E-state index in [1.54, 1.807) is 13.8 Å². The summed E-state index contributed by atoms with van der Waals surface area (Å²) in [6, 6.07) is -5.11. The lowest BCUT2D eigenvalue weighted by atomic mass is 9.97. The summed E-state index contributed by atoms with van der Waals surface area (Å²) in [4.78, 5) is 48.4. The van der Waals surface area contributed by atoms with Crippen LogP contribution in [0.25, 0.3) is 0 Å². The molecule has 29 heavy (non-hydrogen) atoms. The highest BCUT2D eigenvalue weighted by Crippen LogP contribution is 2.10. The molecule has 0 aromatic carbocycles. The molecule has 0 heterocycles. The van der Waals surface area contributed by atoms with E-state index in [-0.39, 0.29) is 5.75 Å². The second-order valence-corrected chi connectivity index (χ2v) is 7.32. The van der Waals surface area contributed by atoms with Gasteiger partial charge in [-0.05, 0) is 19.8 Å². The predicted molar refractivity (Wildman–Crippen MR) is 108 cm³/mol. The maximum absolute atomic E-state index is 12.6. The van der Waals surface area contributed by atoms with Gasteiger partial charge in [-0.1, -0.05) is 20.3 Å². The first kappa shape index (κ1) is 27.1. The van der Waals surface area contributed by atoms with E-state index in [2.05, 4.69) is 28.6 Å². The molecule has 168 valence electrons. The molecule has 0 saturated heterocycles. The van der Waals surface area contributed by atoms with Crippen molar-refractivity contribution in [2.45, 2.75) is 70.5 Å². The Morgan fingerprint density at radius 3 is 1.66 bits per heavy atom. The van der Waals surface area contributed by atoms with Crippen molar-refractivity contribution in [2.75, 3.05) is 5.75 Å². The zero-order valence-corrected chi connectivity index (χ0v) is 17.8. The minimum atomic E-state index is -1.56. The summed E-state index contributed by atoms with van der Waals surface area (Å²) in [6.45, 7) is 5.91. The summed E-state index contributed by atoms with van der Waals surface area (Å²) >= 11 is 3.90. The summed E-state index contributed by atoms with van der Waals surface area (Å²) in [5, 5.41) is 35.5. The largest absolute Gasteiger partial charge is 0.480 e. The number of carbonyl (C=O) groups is 4. The average Bonchev–Trinajstić information content (AvgIpc) is 2.65. The molecule has 0 spiro atoms. The fourth-order valence-electron chi connectivity index (χ4n) is 2.33. The van der Waals surface area contributed by atoms with Crippen molar-refractivity contribution in [1.82, 2.24) is 16.0 Å². The van der Waals surface area contributed by atoms with E-state index in [4.69, 9.17) is 10.8 Å². The van der Waals surface area contributed by atoms with Crippen LogP contribution >= 0.6 is 12.6 Å². The molecule has 0 aliphatic heterocycles. The topological polar surface area (TPSA) is 191 Å². The van der Waals surface area contributed by atoms with Gasteiger partial charge in [0.25, 0.3) is 0 Å². The number of hydrogen-bond donors (Lipinski definition) is 8. The van der Waals surface area contributed by atoms with Gasteiger partial charge in [0.2, 0.25) is 17.7 Å². The molecule has 0 aliphatic carbocycles. The lowest BCUT2D eigenvalue weighted by Crippen LogP contribution is -2.61. The molecule has 11 nitrogen and oxygen atoms in total. The summed E-state index contributed by atoms with van der Waals surface area (Å²) in [6.07, 6.45) is -2.20. The highest BCUT2D eigenvalue weighted by atomic mass is 32.1. The third kappa shape index (κ3) is 8.56. The smallest absolute Gasteiger partial charge is 0.328 e. The molecule has 0 aliphatic rings. The Labute approximate surface area is 175 Å². The Morgan fingerprint density at radius 1 is 0.862 bits per heavy atom. The molecule has 12 heteroatoms. The van der Waals surface area contributed by atoms with Crippen LogP contribution in [0.4, 0.5) is 0 Å². The number of aliphatic hydroxyl groups excluding tert-OH is 2. The number of nitrogens with two attached hydrogens (primary N) is 1. The molecule has 0 bridgehead atoms. The molecule has 0 rings (SSSR count). The van der Waals surface area contributed by atoms with Gasteiger partial charge in [-0.2, -0.15) is 12.6 Å². The Kier molecular flexibility index (Phi) is 11.8. The highest BCUT2D eigenvalue weighted by molar-refractivity contribution is 7.80. The van der Waals surface area contributed by atoms with Crippen LogP contribution in [0, 0.1) is 5.92 Å². The van der Waals surface area contributed by atoms with Crippen molar-refractivity contribution in [3.05, 3.63) is 0 Å². The number of nitrogens with one attached hydrogen (secondary N) is 3. The number of aliphatic hydroxyl groups is 2. The van der Waals surface area contributed by atoms with E-state index in [1.165, 1.54) is 13.8 Å². The van der Waals surface area contributed by atoms with Gasteiger partial charge in [-0.15, -0.1) is 0 Å². The van der Waals surface area contributed by atoms with Crippen LogP contribution in [-0.4, -0.2) is 81.1 Å². The number of aliphatic carboxylic acids is 1. The van der Waals surface area contributed by atoms with Crippen LogP contribution in [-0.2, 0) is 19.2 Å². The zero-order valence-electron chi connectivity index (χ0n) is 17.0. The van der Waals surface area contributed by atoms with Gasteiger partial charge in [0.15, 0.2) is 6.04 Å². The van der Waals surface area contributed by atoms with E-state index < -0.39 is 66.0 Å². The predicted octanol–water partition coefficient (Wildman–Crippen LogP) is -2.41. The fraction of sp³-hybridized carbons (Fsp3) is 0.765. The van der Waals surface area contributed by atoms with Gasteiger partial charge >= 0.3 is 5.97 Å². The Balaban J connectivity index is 5.46. The van der Waals surface area contributed by atoms with Gasteiger partial charge in [0.05, 0.1) is 18.2 Å². The van der Waals surface area contributed by atoms with E-state index in [0.29, 0.717) is 6.42 Å². The lowest BCUT2D eigenvalue weighted by Gasteiger charge is -2.29. The van der Waals surface area contributed by atoms with Crippen LogP contribution in [0.3, 0.4) is 0 Å². The third-order valence-corrected chi connectivity index (χ3v) is 4.83. The molecular weight excluding hydrogens is 404 g/mol. The number of carbonyl (C=O) groups excluding carboxylic acids is 3. The second kappa shape index (κ2) is 12.6.